The molecule has 0 saturated heterocycles. The van der Waals surface area contributed by atoms with E-state index < -0.39 is 0 Å². The van der Waals surface area contributed by atoms with E-state index >= 15 is 0 Å². The summed E-state index contributed by atoms with van der Waals surface area (Å²) in [7, 11) is 0. The van der Waals surface area contributed by atoms with Gasteiger partial charge in [-0.25, -0.2) is 8.78 Å². The molecule has 1 heterocycles. The third kappa shape index (κ3) is 6.66. The molecule has 5 nitrogen and oxygen atoms in total. The molecule has 0 amide bonds. The normalized spacial score (nSPS) is 12.8. The van der Waals surface area contributed by atoms with Crippen LogP contribution >= 0.6 is 12.4 Å². The van der Waals surface area contributed by atoms with Gasteiger partial charge in [0.05, 0.1) is 6.54 Å². The molecule has 0 saturated carbocycles. The Labute approximate surface area is 152 Å². The van der Waals surface area contributed by atoms with Gasteiger partial charge in [0.25, 0.3) is 0 Å². The zero-order valence-corrected chi connectivity index (χ0v) is 14.5. The first-order chi connectivity index (χ1) is 11.6. The Morgan fingerprint density at radius 1 is 1.00 bits per heavy atom. The van der Waals surface area contributed by atoms with Crippen molar-refractivity contribution in [1.82, 2.24) is 10.4 Å². The van der Waals surface area contributed by atoms with E-state index in [1.54, 1.807) is 35.3 Å². The lowest BCUT2D eigenvalue weighted by atomic mass is 10.2. The Morgan fingerprint density at radius 3 is 2.04 bits per heavy atom. The maximum Gasteiger partial charge on any atom is 0.128 e. The molecule has 0 fully saturated rings. The molecule has 0 aromatic heterocycles. The van der Waals surface area contributed by atoms with Crippen LogP contribution in [0.5, 0.6) is 0 Å². The highest BCUT2D eigenvalue weighted by atomic mass is 35.5. The fourth-order valence-electron chi connectivity index (χ4n) is 2.21. The predicted octanol–water partition coefficient (Wildman–Crippen LogP) is 2.51. The number of nitrogens with zero attached hydrogens (tertiary/aromatic N) is 2. The van der Waals surface area contributed by atoms with Gasteiger partial charge >= 0.3 is 0 Å². The summed E-state index contributed by atoms with van der Waals surface area (Å²) in [6, 6.07) is 13.2. The van der Waals surface area contributed by atoms with Gasteiger partial charge in [0, 0.05) is 30.6 Å². The molecule has 8 heteroatoms. The number of nitrogens with two attached hydrogens (primary N) is 2. The van der Waals surface area contributed by atoms with Gasteiger partial charge in [-0.3, -0.25) is 16.3 Å². The monoisotopic (exact) mass is 369 g/mol. The first-order valence-electron chi connectivity index (χ1n) is 7.58. The van der Waals surface area contributed by atoms with Crippen LogP contribution in [0, 0.1) is 11.6 Å². The lowest BCUT2D eigenvalue weighted by molar-refractivity contribution is 0.305. The molecule has 5 N–H and O–H groups in total. The number of halogens is 3. The van der Waals surface area contributed by atoms with Gasteiger partial charge in [-0.15, -0.1) is 12.4 Å². The highest BCUT2D eigenvalue weighted by Gasteiger charge is 2.13. The van der Waals surface area contributed by atoms with E-state index in [4.69, 9.17) is 11.6 Å². The van der Waals surface area contributed by atoms with Crippen molar-refractivity contribution >= 4 is 18.2 Å². The second-order valence-corrected chi connectivity index (χ2v) is 5.29. The Balaban J connectivity index is 0.000000254. The summed E-state index contributed by atoms with van der Waals surface area (Å²) in [5, 5.41) is 5.87. The van der Waals surface area contributed by atoms with Crippen molar-refractivity contribution in [3.05, 3.63) is 71.3 Å². The second-order valence-electron chi connectivity index (χ2n) is 5.29. The molecule has 136 valence electrons. The van der Waals surface area contributed by atoms with Crippen molar-refractivity contribution in [2.75, 3.05) is 6.54 Å². The van der Waals surface area contributed by atoms with Crippen LogP contribution in [-0.2, 0) is 13.1 Å². The van der Waals surface area contributed by atoms with E-state index in [2.05, 4.69) is 10.5 Å². The molecule has 0 spiro atoms. The average Bonchev–Trinajstić information content (AvgIpc) is 2.98. The Hall–Kier alpha value is -2.22. The zero-order valence-electron chi connectivity index (χ0n) is 13.7. The molecule has 0 unspecified atom stereocenters. The highest BCUT2D eigenvalue weighted by Crippen LogP contribution is 2.13. The van der Waals surface area contributed by atoms with Crippen LogP contribution < -0.4 is 17.0 Å². The highest BCUT2D eigenvalue weighted by molar-refractivity contribution is 5.85. The summed E-state index contributed by atoms with van der Waals surface area (Å²) in [4.78, 5) is 0. The third-order valence-electron chi connectivity index (χ3n) is 3.46. The Morgan fingerprint density at radius 2 is 1.56 bits per heavy atom. The maximum absolute atomic E-state index is 13.2. The summed E-state index contributed by atoms with van der Waals surface area (Å²) >= 11 is 0. The van der Waals surface area contributed by atoms with E-state index in [0.717, 1.165) is 13.0 Å². The van der Waals surface area contributed by atoms with Gasteiger partial charge in [-0.1, -0.05) is 36.4 Å². The fourth-order valence-corrected chi connectivity index (χ4v) is 2.21. The van der Waals surface area contributed by atoms with Crippen molar-refractivity contribution in [3.63, 3.8) is 0 Å². The van der Waals surface area contributed by atoms with E-state index in [-0.39, 0.29) is 24.0 Å². The van der Waals surface area contributed by atoms with Crippen molar-refractivity contribution in [1.29, 1.82) is 0 Å². The lowest BCUT2D eigenvalue weighted by Gasteiger charge is -2.13. The minimum atomic E-state index is -0.222. The molecule has 2 aromatic rings. The molecule has 1 aliphatic heterocycles. The quantitative estimate of drug-likeness (QED) is 0.571. The van der Waals surface area contributed by atoms with E-state index in [9.17, 15) is 8.78 Å². The summed E-state index contributed by atoms with van der Waals surface area (Å²) in [6.45, 7) is 1.64. The summed E-state index contributed by atoms with van der Waals surface area (Å²) in [6.07, 6.45) is 0.772. The van der Waals surface area contributed by atoms with Crippen molar-refractivity contribution in [2.24, 2.45) is 16.7 Å². The number of nitrogens with one attached hydrogen (secondary N) is 1. The van der Waals surface area contributed by atoms with Crippen LogP contribution in [-0.4, -0.2) is 17.4 Å². The Bertz CT molecular complexity index is 696. The molecular weight excluding hydrogens is 348 g/mol. The molecule has 0 atom stereocenters. The van der Waals surface area contributed by atoms with Crippen LogP contribution in [0.25, 0.3) is 0 Å². The Kier molecular flexibility index (Phi) is 8.83. The fraction of sp³-hybridized carbons (Fsp3) is 0.235. The smallest absolute Gasteiger partial charge is 0.128 e. The number of hydrazone groups is 1. The van der Waals surface area contributed by atoms with Crippen molar-refractivity contribution in [3.8, 4) is 0 Å². The molecule has 2 aromatic carbocycles. The van der Waals surface area contributed by atoms with E-state index in [1.165, 1.54) is 12.1 Å². The lowest BCUT2D eigenvalue weighted by Crippen LogP contribution is -2.21. The van der Waals surface area contributed by atoms with Crippen LogP contribution in [0.2, 0.25) is 0 Å². The number of rotatable bonds is 4. The predicted molar refractivity (Wildman–Crippen MR) is 97.7 cm³/mol. The first kappa shape index (κ1) is 20.8. The van der Waals surface area contributed by atoms with E-state index in [0.29, 0.717) is 30.1 Å². The van der Waals surface area contributed by atoms with Gasteiger partial charge in [0.15, 0.2) is 0 Å². The largest absolute Gasteiger partial charge is 0.386 e. The molecule has 0 bridgehead atoms. The standard InChI is InChI=1S/C10H12FN3.C7H9FN2.ClH/c11-9-4-2-1-3-8(9)7-14-6-5-10(12)13-14;8-7-4-2-1-3-6(7)5-10-9;/h1-4H,5-7H2,(H2,12,13);1-4,10H,5,9H2;1H. The van der Waals surface area contributed by atoms with Gasteiger partial charge < -0.3 is 5.73 Å². The topological polar surface area (TPSA) is 79.7 Å². The van der Waals surface area contributed by atoms with Gasteiger partial charge in [0.2, 0.25) is 0 Å². The third-order valence-corrected chi connectivity index (χ3v) is 3.46. The molecule has 3 rings (SSSR count). The summed E-state index contributed by atoms with van der Waals surface area (Å²) in [5.41, 5.74) is 9.16. The van der Waals surface area contributed by atoms with Gasteiger partial charge in [-0.05, 0) is 12.1 Å². The molecule has 25 heavy (non-hydrogen) atoms. The number of hydrogen-bond donors (Lipinski definition) is 3. The summed E-state index contributed by atoms with van der Waals surface area (Å²) < 4.78 is 25.9. The number of hydrazine groups is 1. The van der Waals surface area contributed by atoms with Crippen LogP contribution in [0.1, 0.15) is 17.5 Å². The maximum atomic E-state index is 13.2. The number of hydrogen-bond acceptors (Lipinski definition) is 5. The van der Waals surface area contributed by atoms with Crippen LogP contribution in [0.15, 0.2) is 53.6 Å². The van der Waals surface area contributed by atoms with Crippen molar-refractivity contribution in [2.45, 2.75) is 19.5 Å². The average molecular weight is 370 g/mol. The first-order valence-corrected chi connectivity index (χ1v) is 7.58. The molecule has 1 aliphatic rings. The zero-order chi connectivity index (χ0) is 17.4. The van der Waals surface area contributed by atoms with Crippen LogP contribution in [0.3, 0.4) is 0 Å². The minimum Gasteiger partial charge on any atom is -0.386 e. The SMILES string of the molecule is Cl.NC1=NN(Cc2ccccc2F)CC1.NNCc1ccccc1F. The van der Waals surface area contributed by atoms with Crippen LogP contribution in [0.4, 0.5) is 8.78 Å². The second kappa shape index (κ2) is 10.6. The minimum absolute atomic E-state index is 0. The van der Waals surface area contributed by atoms with E-state index in [1.807, 2.05) is 6.07 Å². The molecular formula is C17H22ClF2N5. The number of amidine groups is 1. The molecule has 0 aliphatic carbocycles. The van der Waals surface area contributed by atoms with Gasteiger partial charge in [0.1, 0.15) is 17.5 Å². The van der Waals surface area contributed by atoms with Crippen molar-refractivity contribution < 1.29 is 8.78 Å². The molecule has 0 radical (unpaired) electrons. The van der Waals surface area contributed by atoms with Gasteiger partial charge in [-0.2, -0.15) is 5.10 Å². The summed E-state index contributed by atoms with van der Waals surface area (Å²) in [5.74, 6) is 5.23. The number of benzene rings is 2.